The summed E-state index contributed by atoms with van der Waals surface area (Å²) in [6.07, 6.45) is 3.50. The van der Waals surface area contributed by atoms with Gasteiger partial charge in [0.05, 0.1) is 0 Å². The molecular weight excluding hydrogens is 267 g/mol. The smallest absolute Gasteiger partial charge is 0.241 e. The van der Waals surface area contributed by atoms with Crippen LogP contribution in [0.4, 0.5) is 4.39 Å². The monoisotopic (exact) mass is 278 g/mol. The summed E-state index contributed by atoms with van der Waals surface area (Å²) >= 11 is 5.75. The molecule has 0 saturated heterocycles. The Bertz CT molecular complexity index is 511. The van der Waals surface area contributed by atoms with E-state index in [-0.39, 0.29) is 5.88 Å². The number of pyridine rings is 1. The topological polar surface area (TPSA) is 59.1 Å². The van der Waals surface area contributed by atoms with Gasteiger partial charge in [0.15, 0.2) is 5.82 Å². The van der Waals surface area contributed by atoms with Gasteiger partial charge >= 0.3 is 0 Å². The second kappa shape index (κ2) is 4.51. The minimum Gasteiger partial charge on any atom is -0.241 e. The summed E-state index contributed by atoms with van der Waals surface area (Å²) < 4.78 is 39.7. The van der Waals surface area contributed by atoms with Crippen molar-refractivity contribution in [1.29, 1.82) is 0 Å². The molecule has 1 heterocycles. The molecule has 0 amide bonds. The Morgan fingerprint density at radius 2 is 2.24 bits per heavy atom. The summed E-state index contributed by atoms with van der Waals surface area (Å²) in [4.78, 5) is 3.56. The molecule has 1 aromatic heterocycles. The van der Waals surface area contributed by atoms with Gasteiger partial charge in [0.25, 0.3) is 10.0 Å². The first-order valence-corrected chi connectivity index (χ1v) is 7.21. The van der Waals surface area contributed by atoms with Crippen molar-refractivity contribution in [3.8, 4) is 0 Å². The van der Waals surface area contributed by atoms with Crippen LogP contribution in [-0.2, 0) is 10.0 Å². The number of nitrogens with zero attached hydrogens (tertiary/aromatic N) is 1. The van der Waals surface area contributed by atoms with Gasteiger partial charge in [0.2, 0.25) is 5.03 Å². The van der Waals surface area contributed by atoms with Gasteiger partial charge in [0.1, 0.15) is 0 Å². The van der Waals surface area contributed by atoms with Crippen molar-refractivity contribution in [3.63, 3.8) is 0 Å². The van der Waals surface area contributed by atoms with Crippen LogP contribution in [0, 0.1) is 5.82 Å². The van der Waals surface area contributed by atoms with Gasteiger partial charge in [0, 0.05) is 17.6 Å². The highest BCUT2D eigenvalue weighted by molar-refractivity contribution is 7.89. The summed E-state index contributed by atoms with van der Waals surface area (Å²) in [6, 6.07) is 2.41. The molecule has 7 heteroatoms. The van der Waals surface area contributed by atoms with E-state index in [2.05, 4.69) is 9.71 Å². The molecule has 0 aliphatic heterocycles. The van der Waals surface area contributed by atoms with Gasteiger partial charge in [-0.1, -0.05) is 0 Å². The van der Waals surface area contributed by atoms with E-state index < -0.39 is 26.4 Å². The molecule has 2 rings (SSSR count). The third-order valence-corrected chi connectivity index (χ3v) is 4.92. The van der Waals surface area contributed by atoms with Crippen LogP contribution in [-0.4, -0.2) is 24.8 Å². The SMILES string of the molecule is O=S(=O)(NC1(CCl)CCC1)c1ncccc1F. The van der Waals surface area contributed by atoms with E-state index in [1.807, 2.05) is 0 Å². The molecule has 0 radical (unpaired) electrons. The van der Waals surface area contributed by atoms with Crippen molar-refractivity contribution < 1.29 is 12.8 Å². The molecule has 0 spiro atoms. The lowest BCUT2D eigenvalue weighted by Crippen LogP contribution is -2.55. The van der Waals surface area contributed by atoms with Crippen LogP contribution in [0.15, 0.2) is 23.4 Å². The maximum absolute atomic E-state index is 13.4. The Hall–Kier alpha value is -0.720. The fourth-order valence-electron chi connectivity index (χ4n) is 1.77. The highest BCUT2D eigenvalue weighted by Crippen LogP contribution is 2.34. The normalized spacial score (nSPS) is 18.7. The molecule has 0 atom stereocenters. The zero-order valence-corrected chi connectivity index (χ0v) is 10.6. The minimum absolute atomic E-state index is 0.181. The van der Waals surface area contributed by atoms with Crippen molar-refractivity contribution in [2.45, 2.75) is 29.8 Å². The van der Waals surface area contributed by atoms with Crippen molar-refractivity contribution in [2.24, 2.45) is 0 Å². The molecular formula is C10H12ClFN2O2S. The van der Waals surface area contributed by atoms with Crippen molar-refractivity contribution in [3.05, 3.63) is 24.1 Å². The number of sulfonamides is 1. The lowest BCUT2D eigenvalue weighted by molar-refractivity contribution is 0.252. The van der Waals surface area contributed by atoms with Gasteiger partial charge in [-0.3, -0.25) is 0 Å². The van der Waals surface area contributed by atoms with Gasteiger partial charge in [-0.15, -0.1) is 11.6 Å². The molecule has 1 aromatic rings. The molecule has 0 bridgehead atoms. The van der Waals surface area contributed by atoms with Crippen LogP contribution in [0.2, 0.25) is 0 Å². The predicted molar refractivity (Wildman–Crippen MR) is 61.8 cm³/mol. The zero-order valence-electron chi connectivity index (χ0n) is 8.99. The molecule has 17 heavy (non-hydrogen) atoms. The van der Waals surface area contributed by atoms with Gasteiger partial charge in [-0.05, 0) is 31.4 Å². The molecule has 1 saturated carbocycles. The second-order valence-electron chi connectivity index (χ2n) is 4.16. The highest BCUT2D eigenvalue weighted by Gasteiger charge is 2.41. The maximum atomic E-state index is 13.4. The number of aromatic nitrogens is 1. The number of halogens is 2. The Morgan fingerprint density at radius 3 is 2.71 bits per heavy atom. The molecule has 4 nitrogen and oxygen atoms in total. The molecule has 1 aliphatic rings. The fourth-order valence-corrected chi connectivity index (χ4v) is 3.65. The highest BCUT2D eigenvalue weighted by atomic mass is 35.5. The number of hydrogen-bond donors (Lipinski definition) is 1. The van der Waals surface area contributed by atoms with Crippen LogP contribution in [0.5, 0.6) is 0 Å². The van der Waals surface area contributed by atoms with Crippen molar-refractivity contribution >= 4 is 21.6 Å². The van der Waals surface area contributed by atoms with E-state index in [0.717, 1.165) is 12.5 Å². The molecule has 0 aromatic carbocycles. The first kappa shape index (κ1) is 12.7. The lowest BCUT2D eigenvalue weighted by Gasteiger charge is -2.40. The molecule has 1 N–H and O–H groups in total. The Labute approximate surface area is 104 Å². The van der Waals surface area contributed by atoms with E-state index in [0.29, 0.717) is 12.8 Å². The number of rotatable bonds is 4. The minimum atomic E-state index is -3.94. The third-order valence-electron chi connectivity index (χ3n) is 2.90. The van der Waals surface area contributed by atoms with Crippen LogP contribution in [0.3, 0.4) is 0 Å². The van der Waals surface area contributed by atoms with Gasteiger partial charge < -0.3 is 0 Å². The standard InChI is InChI=1S/C10H12ClFN2O2S/c11-7-10(4-2-5-10)14-17(15,16)9-8(12)3-1-6-13-9/h1,3,6,14H,2,4-5,7H2. The molecule has 94 valence electrons. The summed E-state index contributed by atoms with van der Waals surface area (Å²) in [5, 5.41) is -0.573. The third kappa shape index (κ3) is 2.43. The zero-order chi connectivity index (χ0) is 12.5. The number of alkyl halides is 1. The van der Waals surface area contributed by atoms with E-state index in [4.69, 9.17) is 11.6 Å². The van der Waals surface area contributed by atoms with Gasteiger partial charge in [-0.2, -0.15) is 0 Å². The van der Waals surface area contributed by atoms with Crippen LogP contribution >= 0.6 is 11.6 Å². The average Bonchev–Trinajstić information content (AvgIpc) is 2.24. The van der Waals surface area contributed by atoms with E-state index in [1.54, 1.807) is 0 Å². The predicted octanol–water partition coefficient (Wildman–Crippen LogP) is 1.66. The number of nitrogens with one attached hydrogen (secondary N) is 1. The summed E-state index contributed by atoms with van der Waals surface area (Å²) in [6.45, 7) is 0. The van der Waals surface area contributed by atoms with Crippen molar-refractivity contribution in [1.82, 2.24) is 9.71 Å². The fraction of sp³-hybridized carbons (Fsp3) is 0.500. The first-order valence-electron chi connectivity index (χ1n) is 5.20. The van der Waals surface area contributed by atoms with Gasteiger partial charge in [-0.25, -0.2) is 22.5 Å². The first-order chi connectivity index (χ1) is 7.99. The van der Waals surface area contributed by atoms with E-state index in [9.17, 15) is 12.8 Å². The summed E-state index contributed by atoms with van der Waals surface area (Å²) in [5.74, 6) is -0.676. The van der Waals surface area contributed by atoms with Crippen LogP contribution in [0.1, 0.15) is 19.3 Å². The average molecular weight is 279 g/mol. The molecule has 1 aliphatic carbocycles. The summed E-state index contributed by atoms with van der Waals surface area (Å²) in [7, 11) is -3.94. The Kier molecular flexibility index (Phi) is 3.38. The maximum Gasteiger partial charge on any atom is 0.261 e. The van der Waals surface area contributed by atoms with E-state index in [1.165, 1.54) is 12.3 Å². The quantitative estimate of drug-likeness (QED) is 0.852. The Balaban J connectivity index is 2.29. The van der Waals surface area contributed by atoms with Crippen LogP contribution < -0.4 is 4.72 Å². The van der Waals surface area contributed by atoms with Crippen molar-refractivity contribution in [2.75, 3.05) is 5.88 Å². The van der Waals surface area contributed by atoms with Crippen LogP contribution in [0.25, 0.3) is 0 Å². The Morgan fingerprint density at radius 1 is 1.53 bits per heavy atom. The second-order valence-corrected chi connectivity index (χ2v) is 6.03. The summed E-state index contributed by atoms with van der Waals surface area (Å²) in [5.41, 5.74) is -0.635. The lowest BCUT2D eigenvalue weighted by atomic mass is 9.79. The largest absolute Gasteiger partial charge is 0.261 e. The molecule has 1 fully saturated rings. The number of hydrogen-bond acceptors (Lipinski definition) is 3. The molecule has 0 unspecified atom stereocenters. The van der Waals surface area contributed by atoms with E-state index >= 15 is 0 Å².